The average Bonchev–Trinajstić information content (AvgIpc) is 2.22. The van der Waals surface area contributed by atoms with E-state index >= 15 is 0 Å². The van der Waals surface area contributed by atoms with Crippen LogP contribution in [0.4, 0.5) is 0 Å². The quantitative estimate of drug-likeness (QED) is 0.211. The van der Waals surface area contributed by atoms with Crippen LogP contribution in [0, 0.1) is 0 Å². The van der Waals surface area contributed by atoms with Gasteiger partial charge in [0.15, 0.2) is 15.1 Å². The Labute approximate surface area is 92.3 Å². The number of carbonyl (C=O) groups is 1. The van der Waals surface area contributed by atoms with Gasteiger partial charge in [-0.05, 0) is 19.1 Å². The van der Waals surface area contributed by atoms with E-state index in [0.29, 0.717) is 13.2 Å². The number of ether oxygens (including phenoxy) is 2. The molecule has 0 heterocycles. The Morgan fingerprint density at radius 2 is 2.07 bits per heavy atom. The molecule has 0 aromatic carbocycles. The first-order chi connectivity index (χ1) is 7.02. The van der Waals surface area contributed by atoms with Crippen molar-refractivity contribution < 1.29 is 18.7 Å². The van der Waals surface area contributed by atoms with Crippen molar-refractivity contribution in [2.75, 3.05) is 20.0 Å². The van der Waals surface area contributed by atoms with Gasteiger partial charge in [0.2, 0.25) is 0 Å². The summed E-state index contributed by atoms with van der Waals surface area (Å²) in [5.41, 5.74) is 0. The molecule has 5 heteroatoms. The molecule has 0 aliphatic rings. The molecule has 0 unspecified atom stereocenters. The zero-order chi connectivity index (χ0) is 11.7. The molecule has 0 radical (unpaired) electrons. The lowest BCUT2D eigenvalue weighted by atomic mass is 10.7. The molecule has 0 aliphatic carbocycles. The SMILES string of the molecule is C=CC(=O)OCOCCO[Si](C)(C)CC. The molecule has 0 rings (SSSR count). The summed E-state index contributed by atoms with van der Waals surface area (Å²) in [6.45, 7) is 10.7. The van der Waals surface area contributed by atoms with E-state index in [2.05, 4.69) is 31.3 Å². The fourth-order valence-corrected chi connectivity index (χ4v) is 1.54. The van der Waals surface area contributed by atoms with Crippen LogP contribution in [0.15, 0.2) is 12.7 Å². The third-order valence-electron chi connectivity index (χ3n) is 2.02. The molecule has 15 heavy (non-hydrogen) atoms. The Morgan fingerprint density at radius 1 is 1.40 bits per heavy atom. The lowest BCUT2D eigenvalue weighted by Gasteiger charge is -2.20. The molecule has 0 atom stereocenters. The van der Waals surface area contributed by atoms with Crippen LogP contribution in [-0.2, 0) is 18.7 Å². The van der Waals surface area contributed by atoms with Crippen molar-refractivity contribution in [3.63, 3.8) is 0 Å². The van der Waals surface area contributed by atoms with Crippen LogP contribution in [-0.4, -0.2) is 34.3 Å². The van der Waals surface area contributed by atoms with Gasteiger partial charge in [0, 0.05) is 6.08 Å². The molecule has 0 fully saturated rings. The lowest BCUT2D eigenvalue weighted by molar-refractivity contribution is -0.150. The van der Waals surface area contributed by atoms with Crippen molar-refractivity contribution in [2.24, 2.45) is 0 Å². The predicted octanol–water partition coefficient (Wildman–Crippen LogP) is 1.93. The summed E-state index contributed by atoms with van der Waals surface area (Å²) in [5, 5.41) is 0. The molecular weight excluding hydrogens is 212 g/mol. The monoisotopic (exact) mass is 232 g/mol. The van der Waals surface area contributed by atoms with Crippen molar-refractivity contribution in [3.8, 4) is 0 Å². The van der Waals surface area contributed by atoms with Gasteiger partial charge in [-0.2, -0.15) is 0 Å². The van der Waals surface area contributed by atoms with Crippen LogP contribution in [0.5, 0.6) is 0 Å². The van der Waals surface area contributed by atoms with Crippen LogP contribution in [0.25, 0.3) is 0 Å². The molecule has 0 aliphatic heterocycles. The Bertz CT molecular complexity index is 204. The van der Waals surface area contributed by atoms with Gasteiger partial charge >= 0.3 is 5.97 Å². The topological polar surface area (TPSA) is 44.8 Å². The Morgan fingerprint density at radius 3 is 2.60 bits per heavy atom. The molecule has 4 nitrogen and oxygen atoms in total. The van der Waals surface area contributed by atoms with Gasteiger partial charge in [0.25, 0.3) is 0 Å². The van der Waals surface area contributed by atoms with E-state index in [1.165, 1.54) is 0 Å². The third-order valence-corrected chi connectivity index (χ3v) is 4.71. The van der Waals surface area contributed by atoms with Crippen molar-refractivity contribution in [2.45, 2.75) is 26.1 Å². The minimum absolute atomic E-state index is 0.0394. The Balaban J connectivity index is 3.32. The van der Waals surface area contributed by atoms with Crippen molar-refractivity contribution in [1.82, 2.24) is 0 Å². The largest absolute Gasteiger partial charge is 0.435 e. The van der Waals surface area contributed by atoms with Crippen LogP contribution in [0.1, 0.15) is 6.92 Å². The number of hydrogen-bond donors (Lipinski definition) is 0. The molecule has 0 saturated carbocycles. The Hall–Kier alpha value is -0.653. The van der Waals surface area contributed by atoms with Crippen molar-refractivity contribution in [3.05, 3.63) is 12.7 Å². The molecule has 88 valence electrons. The summed E-state index contributed by atoms with van der Waals surface area (Å²) in [7, 11) is -1.47. The van der Waals surface area contributed by atoms with Crippen molar-refractivity contribution >= 4 is 14.3 Å². The van der Waals surface area contributed by atoms with Crippen LogP contribution >= 0.6 is 0 Å². The molecular formula is C10H20O4Si. The third kappa shape index (κ3) is 8.35. The molecule has 0 aromatic rings. The molecule has 0 bridgehead atoms. The first-order valence-electron chi connectivity index (χ1n) is 5.02. The summed E-state index contributed by atoms with van der Waals surface area (Å²) in [6, 6.07) is 1.08. The molecule has 0 amide bonds. The number of esters is 1. The fourth-order valence-electron chi connectivity index (χ4n) is 0.697. The van der Waals surface area contributed by atoms with Gasteiger partial charge in [-0.15, -0.1) is 0 Å². The molecule has 0 saturated heterocycles. The van der Waals surface area contributed by atoms with E-state index in [9.17, 15) is 4.79 Å². The second-order valence-corrected chi connectivity index (χ2v) is 8.17. The van der Waals surface area contributed by atoms with Gasteiger partial charge in [-0.1, -0.05) is 13.5 Å². The van der Waals surface area contributed by atoms with Gasteiger partial charge < -0.3 is 13.9 Å². The summed E-state index contributed by atoms with van der Waals surface area (Å²) < 4.78 is 15.3. The summed E-state index contributed by atoms with van der Waals surface area (Å²) in [6.07, 6.45) is 1.10. The normalized spacial score (nSPS) is 11.1. The highest BCUT2D eigenvalue weighted by molar-refractivity contribution is 6.71. The van der Waals surface area contributed by atoms with Crippen LogP contribution in [0.3, 0.4) is 0 Å². The first kappa shape index (κ1) is 14.3. The number of hydrogen-bond acceptors (Lipinski definition) is 4. The highest BCUT2D eigenvalue weighted by Gasteiger charge is 2.18. The van der Waals surface area contributed by atoms with E-state index in [4.69, 9.17) is 9.16 Å². The summed E-state index contributed by atoms with van der Waals surface area (Å²) in [4.78, 5) is 10.6. The van der Waals surface area contributed by atoms with Gasteiger partial charge in [0.05, 0.1) is 13.2 Å². The number of carbonyl (C=O) groups excluding carboxylic acids is 1. The highest BCUT2D eigenvalue weighted by Crippen LogP contribution is 2.08. The zero-order valence-electron chi connectivity index (χ0n) is 9.75. The standard InChI is InChI=1S/C10H20O4Si/c1-5-10(11)13-9-12-7-8-14-15(3,4)6-2/h5H,1,6-9H2,2-4H3. The maximum atomic E-state index is 10.6. The van der Waals surface area contributed by atoms with E-state index in [-0.39, 0.29) is 6.79 Å². The highest BCUT2D eigenvalue weighted by atomic mass is 28.4. The van der Waals surface area contributed by atoms with E-state index < -0.39 is 14.3 Å². The Kier molecular flexibility index (Phi) is 7.28. The van der Waals surface area contributed by atoms with Gasteiger partial charge in [-0.3, -0.25) is 0 Å². The lowest BCUT2D eigenvalue weighted by Crippen LogP contribution is -2.30. The molecule has 0 aromatic heterocycles. The molecule has 0 spiro atoms. The zero-order valence-corrected chi connectivity index (χ0v) is 10.7. The maximum absolute atomic E-state index is 10.6. The second-order valence-electron chi connectivity index (χ2n) is 3.66. The average molecular weight is 232 g/mol. The van der Waals surface area contributed by atoms with E-state index in [0.717, 1.165) is 12.1 Å². The van der Waals surface area contributed by atoms with E-state index in [1.807, 2.05) is 0 Å². The van der Waals surface area contributed by atoms with Crippen LogP contribution in [0.2, 0.25) is 19.1 Å². The maximum Gasteiger partial charge on any atom is 0.332 e. The fraction of sp³-hybridized carbons (Fsp3) is 0.700. The smallest absolute Gasteiger partial charge is 0.332 e. The predicted molar refractivity (Wildman–Crippen MR) is 61.0 cm³/mol. The summed E-state index contributed by atoms with van der Waals surface area (Å²) in [5.74, 6) is -0.473. The summed E-state index contributed by atoms with van der Waals surface area (Å²) >= 11 is 0. The second kappa shape index (κ2) is 7.61. The van der Waals surface area contributed by atoms with Gasteiger partial charge in [0.1, 0.15) is 0 Å². The number of rotatable bonds is 8. The molecule has 0 N–H and O–H groups in total. The minimum atomic E-state index is -1.47. The minimum Gasteiger partial charge on any atom is -0.435 e. The first-order valence-corrected chi connectivity index (χ1v) is 8.14. The van der Waals surface area contributed by atoms with Gasteiger partial charge in [-0.25, -0.2) is 4.79 Å². The van der Waals surface area contributed by atoms with E-state index in [1.54, 1.807) is 0 Å². The van der Waals surface area contributed by atoms with Crippen LogP contribution < -0.4 is 0 Å². The van der Waals surface area contributed by atoms with Crippen molar-refractivity contribution in [1.29, 1.82) is 0 Å².